The summed E-state index contributed by atoms with van der Waals surface area (Å²) in [5.41, 5.74) is -2.01. The fourth-order valence-electron chi connectivity index (χ4n) is 6.94. The minimum atomic E-state index is -1.46. The van der Waals surface area contributed by atoms with Crippen molar-refractivity contribution in [2.45, 2.75) is 71.8 Å². The van der Waals surface area contributed by atoms with Crippen LogP contribution in [-0.4, -0.2) is 34.2 Å². The molecule has 6 nitrogen and oxygen atoms in total. The van der Waals surface area contributed by atoms with Crippen molar-refractivity contribution in [2.75, 3.05) is 0 Å². The third-order valence-corrected chi connectivity index (χ3v) is 8.60. The maximum Gasteiger partial charge on any atom is 0.331 e. The molecule has 1 aliphatic heterocycles. The first kappa shape index (κ1) is 21.3. The highest BCUT2D eigenvalue weighted by Gasteiger charge is 2.72. The van der Waals surface area contributed by atoms with E-state index < -0.39 is 46.4 Å². The number of carbonyl (C=O) groups is 4. The number of esters is 1. The number of ether oxygens (including phenoxy) is 1. The van der Waals surface area contributed by atoms with Crippen molar-refractivity contribution in [1.29, 1.82) is 0 Å². The third-order valence-electron chi connectivity index (χ3n) is 8.60. The van der Waals surface area contributed by atoms with Crippen LogP contribution in [-0.2, 0) is 23.9 Å². The Morgan fingerprint density at radius 3 is 2.50 bits per heavy atom. The lowest BCUT2D eigenvalue weighted by Gasteiger charge is -2.48. The number of aliphatic carboxylic acids is 1. The minimum absolute atomic E-state index is 0.0661. The second-order valence-corrected chi connectivity index (χ2v) is 10.5. The molecule has 0 aromatic heterocycles. The van der Waals surface area contributed by atoms with Gasteiger partial charge in [-0.3, -0.25) is 14.4 Å². The summed E-state index contributed by atoms with van der Waals surface area (Å²) in [6.45, 7) is 7.64. The Bertz CT molecular complexity index is 843. The van der Waals surface area contributed by atoms with Crippen LogP contribution in [0.5, 0.6) is 0 Å². The van der Waals surface area contributed by atoms with E-state index in [1.165, 1.54) is 0 Å². The maximum absolute atomic E-state index is 13.3. The molecule has 1 heterocycles. The van der Waals surface area contributed by atoms with E-state index >= 15 is 0 Å². The summed E-state index contributed by atoms with van der Waals surface area (Å²) in [5, 5.41) is 9.70. The van der Waals surface area contributed by atoms with Gasteiger partial charge in [0.1, 0.15) is 11.0 Å². The van der Waals surface area contributed by atoms with Gasteiger partial charge in [0, 0.05) is 23.3 Å². The summed E-state index contributed by atoms with van der Waals surface area (Å²) in [5.74, 6) is -3.44. The van der Waals surface area contributed by atoms with Crippen LogP contribution < -0.4 is 0 Å². The van der Waals surface area contributed by atoms with Crippen LogP contribution in [0.2, 0.25) is 0 Å². The van der Waals surface area contributed by atoms with Crippen molar-refractivity contribution < 1.29 is 29.0 Å². The zero-order valence-corrected chi connectivity index (χ0v) is 18.3. The Labute approximate surface area is 177 Å². The number of carboxylic acid groups (broad SMARTS) is 1. The van der Waals surface area contributed by atoms with Gasteiger partial charge in [-0.2, -0.15) is 0 Å². The number of hydrogen-bond donors (Lipinski definition) is 1. The Morgan fingerprint density at radius 1 is 1.13 bits per heavy atom. The van der Waals surface area contributed by atoms with E-state index in [4.69, 9.17) is 4.74 Å². The molecule has 3 aliphatic carbocycles. The van der Waals surface area contributed by atoms with Crippen LogP contribution >= 0.6 is 0 Å². The lowest BCUT2D eigenvalue weighted by Crippen LogP contribution is -2.57. The second kappa shape index (κ2) is 7.03. The number of rotatable bonds is 1. The number of Topliss-reactive ketones (excluding diaryl/α,β-unsaturated/α-hetero) is 2. The molecule has 1 N–H and O–H groups in total. The van der Waals surface area contributed by atoms with E-state index in [0.29, 0.717) is 24.3 Å². The van der Waals surface area contributed by atoms with Crippen LogP contribution in [0.1, 0.15) is 66.2 Å². The van der Waals surface area contributed by atoms with Crippen molar-refractivity contribution in [3.8, 4) is 0 Å². The molecular weight excluding hydrogens is 384 g/mol. The highest BCUT2D eigenvalue weighted by Crippen LogP contribution is 2.61. The summed E-state index contributed by atoms with van der Waals surface area (Å²) < 4.78 is 6.09. The molecule has 6 heteroatoms. The molecule has 164 valence electrons. The molecule has 0 aromatic rings. The molecule has 1 saturated heterocycles. The van der Waals surface area contributed by atoms with Crippen molar-refractivity contribution in [3.63, 3.8) is 0 Å². The molecular formula is C24H32O6. The van der Waals surface area contributed by atoms with Gasteiger partial charge >= 0.3 is 11.9 Å². The van der Waals surface area contributed by atoms with Gasteiger partial charge in [-0.15, -0.1) is 0 Å². The van der Waals surface area contributed by atoms with E-state index in [2.05, 4.69) is 6.92 Å². The quantitative estimate of drug-likeness (QED) is 0.399. The Morgan fingerprint density at radius 2 is 1.83 bits per heavy atom. The van der Waals surface area contributed by atoms with Gasteiger partial charge in [0.2, 0.25) is 11.6 Å². The van der Waals surface area contributed by atoms with Crippen molar-refractivity contribution in [2.24, 2.45) is 40.9 Å². The number of carboxylic acids is 1. The van der Waals surface area contributed by atoms with Gasteiger partial charge in [-0.25, -0.2) is 4.79 Å². The normalized spacial score (nSPS) is 46.4. The smallest absolute Gasteiger partial charge is 0.331 e. The fourth-order valence-corrected chi connectivity index (χ4v) is 6.94. The molecule has 0 radical (unpaired) electrons. The second-order valence-electron chi connectivity index (χ2n) is 10.5. The number of fused-ring (bicyclic) bond motifs is 1. The van der Waals surface area contributed by atoms with Gasteiger partial charge in [-0.1, -0.05) is 39.7 Å². The SMILES string of the molecule is CC1CCCC2C=C(C(=O)O)C(C)CC23OC(=O)C2(C)C(=O)C(=O)C(CC23)C(C)C1. The van der Waals surface area contributed by atoms with E-state index in [-0.39, 0.29) is 17.8 Å². The maximum atomic E-state index is 13.3. The van der Waals surface area contributed by atoms with Gasteiger partial charge in [0.25, 0.3) is 0 Å². The van der Waals surface area contributed by atoms with Gasteiger partial charge in [0.05, 0.1) is 0 Å². The standard InChI is InChI=1S/C24H32O6/c1-12-6-5-7-15-9-17(21(27)28)14(3)11-24(15)18-10-16(13(2)8-12)19(25)20(26)23(18,4)22(29)30-24/h9,12-16,18H,5-8,10-11H2,1-4H3,(H,27,28). The summed E-state index contributed by atoms with van der Waals surface area (Å²) >= 11 is 0. The zero-order chi connectivity index (χ0) is 22.0. The van der Waals surface area contributed by atoms with Crippen molar-refractivity contribution in [1.82, 2.24) is 0 Å². The Balaban J connectivity index is 1.88. The molecule has 1 spiro atoms. The third kappa shape index (κ3) is 2.82. The lowest BCUT2D eigenvalue weighted by atomic mass is 9.53. The molecule has 2 bridgehead atoms. The summed E-state index contributed by atoms with van der Waals surface area (Å²) in [6.07, 6.45) is 6.08. The number of ketones is 2. The Hall–Kier alpha value is -1.98. The van der Waals surface area contributed by atoms with Gasteiger partial charge < -0.3 is 9.84 Å². The Kier molecular flexibility index (Phi) is 4.98. The number of hydrogen-bond acceptors (Lipinski definition) is 5. The highest BCUT2D eigenvalue weighted by atomic mass is 16.6. The summed E-state index contributed by atoms with van der Waals surface area (Å²) in [4.78, 5) is 51.3. The van der Waals surface area contributed by atoms with E-state index in [9.17, 15) is 24.3 Å². The molecule has 3 fully saturated rings. The van der Waals surface area contributed by atoms with Crippen LogP contribution in [0, 0.1) is 40.9 Å². The van der Waals surface area contributed by atoms with Gasteiger partial charge in [-0.05, 0) is 50.4 Å². The van der Waals surface area contributed by atoms with Crippen LogP contribution in [0.4, 0.5) is 0 Å². The van der Waals surface area contributed by atoms with Gasteiger partial charge in [0.15, 0.2) is 0 Å². The molecule has 4 aliphatic rings. The first-order valence-electron chi connectivity index (χ1n) is 11.3. The predicted molar refractivity (Wildman–Crippen MR) is 108 cm³/mol. The monoisotopic (exact) mass is 416 g/mol. The van der Waals surface area contributed by atoms with E-state index in [0.717, 1.165) is 25.7 Å². The molecule has 0 aromatic carbocycles. The molecule has 2 saturated carbocycles. The van der Waals surface area contributed by atoms with Crippen molar-refractivity contribution >= 4 is 23.5 Å². The molecule has 30 heavy (non-hydrogen) atoms. The van der Waals surface area contributed by atoms with E-state index in [1.807, 2.05) is 13.8 Å². The molecule has 4 rings (SSSR count). The highest BCUT2D eigenvalue weighted by molar-refractivity contribution is 6.44. The average molecular weight is 417 g/mol. The number of carbonyl (C=O) groups excluding carboxylic acids is 3. The first-order chi connectivity index (χ1) is 14.0. The average Bonchev–Trinajstić information content (AvgIpc) is 2.86. The van der Waals surface area contributed by atoms with Crippen LogP contribution in [0.3, 0.4) is 0 Å². The summed E-state index contributed by atoms with van der Waals surface area (Å²) in [6, 6.07) is 0. The molecule has 0 amide bonds. The van der Waals surface area contributed by atoms with Crippen LogP contribution in [0.15, 0.2) is 11.6 Å². The molecule has 8 unspecified atom stereocenters. The minimum Gasteiger partial charge on any atom is -0.478 e. The fraction of sp³-hybridized carbons (Fsp3) is 0.750. The van der Waals surface area contributed by atoms with E-state index in [1.54, 1.807) is 13.0 Å². The zero-order valence-electron chi connectivity index (χ0n) is 18.3. The lowest BCUT2D eigenvalue weighted by molar-refractivity contribution is -0.161. The predicted octanol–water partition coefficient (Wildman–Crippen LogP) is 3.58. The topological polar surface area (TPSA) is 97.7 Å². The summed E-state index contributed by atoms with van der Waals surface area (Å²) in [7, 11) is 0. The van der Waals surface area contributed by atoms with Crippen molar-refractivity contribution in [3.05, 3.63) is 11.6 Å². The first-order valence-corrected chi connectivity index (χ1v) is 11.3. The van der Waals surface area contributed by atoms with Crippen LogP contribution in [0.25, 0.3) is 0 Å². The molecule has 8 atom stereocenters. The largest absolute Gasteiger partial charge is 0.478 e.